The van der Waals surface area contributed by atoms with Crippen molar-refractivity contribution in [1.82, 2.24) is 14.6 Å². The number of ether oxygens (including phenoxy) is 1. The molecular formula is C21H23N3O4S2. The zero-order valence-electron chi connectivity index (χ0n) is 17.0. The molecule has 0 bridgehead atoms. The van der Waals surface area contributed by atoms with Crippen molar-refractivity contribution in [2.24, 2.45) is 0 Å². The molecule has 1 saturated carbocycles. The maximum absolute atomic E-state index is 13.1. The number of hydrogen-bond donors (Lipinski definition) is 1. The molecule has 1 aromatic heterocycles. The van der Waals surface area contributed by atoms with Crippen molar-refractivity contribution in [3.05, 3.63) is 53.0 Å². The van der Waals surface area contributed by atoms with Crippen LogP contribution < -0.4 is 9.46 Å². The number of para-hydroxylation sites is 1. The minimum atomic E-state index is -3.77. The molecule has 0 unspecified atom stereocenters. The van der Waals surface area contributed by atoms with Crippen LogP contribution in [0.4, 0.5) is 0 Å². The van der Waals surface area contributed by atoms with Gasteiger partial charge < -0.3 is 9.64 Å². The molecule has 1 aliphatic carbocycles. The number of methoxy groups -OCH3 is 1. The fourth-order valence-corrected chi connectivity index (χ4v) is 5.68. The van der Waals surface area contributed by atoms with Crippen LogP contribution in [0.5, 0.6) is 5.75 Å². The van der Waals surface area contributed by atoms with Crippen LogP contribution in [0.15, 0.2) is 47.4 Å². The predicted octanol–water partition coefficient (Wildman–Crippen LogP) is 3.58. The number of nitrogens with zero attached hydrogens (tertiary/aromatic N) is 2. The van der Waals surface area contributed by atoms with Crippen molar-refractivity contribution in [3.8, 4) is 5.75 Å². The number of benzene rings is 2. The molecule has 0 saturated heterocycles. The van der Waals surface area contributed by atoms with Crippen LogP contribution in [0.3, 0.4) is 0 Å². The highest BCUT2D eigenvalue weighted by molar-refractivity contribution is 7.89. The smallest absolute Gasteiger partial charge is 0.254 e. The third kappa shape index (κ3) is 4.05. The van der Waals surface area contributed by atoms with Gasteiger partial charge in [0.05, 0.1) is 23.4 Å². The largest absolute Gasteiger partial charge is 0.495 e. The number of nitrogens with one attached hydrogen (secondary N) is 1. The summed E-state index contributed by atoms with van der Waals surface area (Å²) in [6.45, 7) is 1.91. The van der Waals surface area contributed by atoms with Gasteiger partial charge in [-0.15, -0.1) is 11.3 Å². The van der Waals surface area contributed by atoms with Crippen molar-refractivity contribution in [3.63, 3.8) is 0 Å². The van der Waals surface area contributed by atoms with E-state index in [2.05, 4.69) is 9.71 Å². The lowest BCUT2D eigenvalue weighted by molar-refractivity contribution is 0.0742. The zero-order chi connectivity index (χ0) is 21.5. The molecule has 1 fully saturated rings. The van der Waals surface area contributed by atoms with Gasteiger partial charge in [0.2, 0.25) is 10.0 Å². The molecule has 0 aliphatic heterocycles. The topological polar surface area (TPSA) is 88.6 Å². The Hall–Kier alpha value is -2.49. The lowest BCUT2D eigenvalue weighted by Gasteiger charge is -2.23. The first-order chi connectivity index (χ1) is 14.3. The Kier molecular flexibility index (Phi) is 5.52. The molecule has 1 aliphatic rings. The maximum Gasteiger partial charge on any atom is 0.254 e. The summed E-state index contributed by atoms with van der Waals surface area (Å²) in [6.07, 6.45) is 1.64. The Bertz CT molecular complexity index is 1170. The number of amides is 1. The monoisotopic (exact) mass is 445 g/mol. The Labute approximate surface area is 179 Å². The Balaban J connectivity index is 1.62. The van der Waals surface area contributed by atoms with Gasteiger partial charge >= 0.3 is 0 Å². The summed E-state index contributed by atoms with van der Waals surface area (Å²) in [5.41, 5.74) is 1.18. The van der Waals surface area contributed by atoms with Crippen LogP contribution in [0.25, 0.3) is 10.2 Å². The van der Waals surface area contributed by atoms with Crippen LogP contribution in [0, 0.1) is 0 Å². The molecule has 3 aromatic rings. The van der Waals surface area contributed by atoms with Gasteiger partial charge in [-0.1, -0.05) is 12.1 Å². The zero-order valence-corrected chi connectivity index (χ0v) is 18.6. The van der Waals surface area contributed by atoms with Gasteiger partial charge in [-0.05, 0) is 50.1 Å². The Morgan fingerprint density at radius 2 is 2.00 bits per heavy atom. The number of thiazole rings is 1. The Morgan fingerprint density at radius 1 is 1.27 bits per heavy atom. The van der Waals surface area contributed by atoms with E-state index in [-0.39, 0.29) is 34.2 Å². The second-order valence-corrected chi connectivity index (χ2v) is 10.1. The van der Waals surface area contributed by atoms with Gasteiger partial charge in [-0.25, -0.2) is 18.1 Å². The number of aromatic nitrogens is 1. The van der Waals surface area contributed by atoms with E-state index in [1.165, 1.54) is 19.2 Å². The van der Waals surface area contributed by atoms with E-state index in [0.29, 0.717) is 0 Å². The molecule has 158 valence electrons. The second kappa shape index (κ2) is 7.98. The third-order valence-corrected chi connectivity index (χ3v) is 7.92. The second-order valence-electron chi connectivity index (χ2n) is 7.37. The third-order valence-electron chi connectivity index (χ3n) is 5.17. The SMILES string of the molecule is COc1ccc(C(=O)N(C)[C@H](C)c2nc3ccccc3s2)cc1S(=O)(=O)NC1CC1. The highest BCUT2D eigenvalue weighted by Crippen LogP contribution is 2.31. The average Bonchev–Trinajstić information content (AvgIpc) is 3.44. The van der Waals surface area contributed by atoms with Crippen molar-refractivity contribution in [2.45, 2.75) is 36.7 Å². The molecule has 2 aromatic carbocycles. The van der Waals surface area contributed by atoms with Gasteiger partial charge in [0, 0.05) is 18.7 Å². The van der Waals surface area contributed by atoms with Crippen molar-refractivity contribution >= 4 is 37.5 Å². The van der Waals surface area contributed by atoms with E-state index < -0.39 is 10.0 Å². The number of fused-ring (bicyclic) bond motifs is 1. The van der Waals surface area contributed by atoms with Gasteiger partial charge in [-0.3, -0.25) is 4.79 Å². The van der Waals surface area contributed by atoms with Crippen molar-refractivity contribution in [2.75, 3.05) is 14.2 Å². The fraction of sp³-hybridized carbons (Fsp3) is 0.333. The van der Waals surface area contributed by atoms with E-state index in [0.717, 1.165) is 28.1 Å². The quantitative estimate of drug-likeness (QED) is 0.601. The summed E-state index contributed by atoms with van der Waals surface area (Å²) in [6, 6.07) is 12.0. The molecule has 4 rings (SSSR count). The predicted molar refractivity (Wildman–Crippen MR) is 116 cm³/mol. The van der Waals surface area contributed by atoms with E-state index in [4.69, 9.17) is 4.74 Å². The fourth-order valence-electron chi connectivity index (χ4n) is 3.12. The summed E-state index contributed by atoms with van der Waals surface area (Å²) in [7, 11) is -0.662. The van der Waals surface area contributed by atoms with E-state index in [1.54, 1.807) is 29.4 Å². The number of rotatable bonds is 7. The molecule has 1 N–H and O–H groups in total. The first kappa shape index (κ1) is 20.8. The molecule has 1 amide bonds. The lowest BCUT2D eigenvalue weighted by atomic mass is 10.1. The van der Waals surface area contributed by atoms with Crippen LogP contribution in [0.2, 0.25) is 0 Å². The van der Waals surface area contributed by atoms with Crippen LogP contribution in [-0.2, 0) is 10.0 Å². The molecule has 7 nitrogen and oxygen atoms in total. The van der Waals surface area contributed by atoms with Gasteiger partial charge in [-0.2, -0.15) is 0 Å². The molecule has 30 heavy (non-hydrogen) atoms. The summed E-state index contributed by atoms with van der Waals surface area (Å²) in [5.74, 6) is -0.0751. The first-order valence-electron chi connectivity index (χ1n) is 9.63. The van der Waals surface area contributed by atoms with Crippen LogP contribution in [-0.4, -0.2) is 44.4 Å². The highest BCUT2D eigenvalue weighted by Gasteiger charge is 2.31. The molecule has 9 heteroatoms. The number of sulfonamides is 1. The van der Waals surface area contributed by atoms with E-state index in [9.17, 15) is 13.2 Å². The van der Waals surface area contributed by atoms with Crippen LogP contribution in [0.1, 0.15) is 41.2 Å². The van der Waals surface area contributed by atoms with Gasteiger partial charge in [0.1, 0.15) is 15.7 Å². The summed E-state index contributed by atoms with van der Waals surface area (Å²) >= 11 is 1.54. The Morgan fingerprint density at radius 3 is 2.67 bits per heavy atom. The summed E-state index contributed by atoms with van der Waals surface area (Å²) < 4.78 is 34.4. The van der Waals surface area contributed by atoms with Gasteiger partial charge in [0.25, 0.3) is 5.91 Å². The minimum absolute atomic E-state index is 0.0243. The summed E-state index contributed by atoms with van der Waals surface area (Å²) in [5, 5.41) is 0.823. The van der Waals surface area contributed by atoms with Crippen molar-refractivity contribution in [1.29, 1.82) is 0 Å². The molecular weight excluding hydrogens is 422 g/mol. The highest BCUT2D eigenvalue weighted by atomic mass is 32.2. The normalized spacial score (nSPS) is 15.2. The average molecular weight is 446 g/mol. The molecule has 1 heterocycles. The number of hydrogen-bond acceptors (Lipinski definition) is 6. The van der Waals surface area contributed by atoms with Crippen molar-refractivity contribution < 1.29 is 17.9 Å². The lowest BCUT2D eigenvalue weighted by Crippen LogP contribution is -2.30. The number of carbonyl (C=O) groups excluding carboxylic acids is 1. The first-order valence-corrected chi connectivity index (χ1v) is 11.9. The standard InChI is InChI=1S/C21H23N3O4S2/c1-13(20-22-16-6-4-5-7-18(16)29-20)24(2)21(25)14-8-11-17(28-3)19(12-14)30(26,27)23-15-9-10-15/h4-8,11-13,15,23H,9-10H2,1-3H3/t13-/m1/s1. The van der Waals surface area contributed by atoms with E-state index in [1.807, 2.05) is 31.2 Å². The number of carbonyl (C=O) groups is 1. The molecule has 0 spiro atoms. The summed E-state index contributed by atoms with van der Waals surface area (Å²) in [4.78, 5) is 19.3. The maximum atomic E-state index is 13.1. The minimum Gasteiger partial charge on any atom is -0.495 e. The molecule has 1 atom stereocenters. The van der Waals surface area contributed by atoms with E-state index >= 15 is 0 Å². The van der Waals surface area contributed by atoms with Gasteiger partial charge in [0.15, 0.2) is 0 Å². The molecule has 0 radical (unpaired) electrons. The van der Waals surface area contributed by atoms with Crippen LogP contribution >= 0.6 is 11.3 Å².